The molecule has 3 rings (SSSR count). The molecule has 1 fully saturated rings. The van der Waals surface area contributed by atoms with Gasteiger partial charge in [-0.3, -0.25) is 20.4 Å². The number of alkyl halides is 3. The Labute approximate surface area is 218 Å². The lowest BCUT2D eigenvalue weighted by Gasteiger charge is -2.27. The van der Waals surface area contributed by atoms with Crippen molar-refractivity contribution < 1.29 is 59.7 Å². The van der Waals surface area contributed by atoms with Crippen LogP contribution in [0.1, 0.15) is 41.6 Å². The third-order valence-corrected chi connectivity index (χ3v) is 7.21. The van der Waals surface area contributed by atoms with Crippen LogP contribution in [0.3, 0.4) is 0 Å². The van der Waals surface area contributed by atoms with Gasteiger partial charge < -0.3 is 24.0 Å². The van der Waals surface area contributed by atoms with E-state index < -0.39 is 27.7 Å². The summed E-state index contributed by atoms with van der Waals surface area (Å²) in [7, 11) is -2.17. The van der Waals surface area contributed by atoms with Gasteiger partial charge in [0.1, 0.15) is 12.6 Å². The largest absolute Gasteiger partial charge is 1.00 e. The Balaban J connectivity index is 0.00000432. The molecule has 0 bridgehead atoms. The molecule has 0 unspecified atom stereocenters. The van der Waals surface area contributed by atoms with E-state index in [-0.39, 0.29) is 53.2 Å². The third-order valence-electron chi connectivity index (χ3n) is 5.77. The van der Waals surface area contributed by atoms with Gasteiger partial charge in [-0.1, -0.05) is 0 Å². The Morgan fingerprint density at radius 3 is 2.23 bits per heavy atom. The standard InChI is InChI=1S/C22H25F3N4O4S.HI/c1-29-12-2-3-17(14-29)21(31)28-27-20(30)16-6-4-15(5-7-16)13-26-34(32,33)19-10-8-18(9-11-19)22(23,24)25;/h2-3,8-12,14-16,26H,4-7,13H2,1H3,(H-,27,28,30,31);1H. The van der Waals surface area contributed by atoms with Crippen molar-refractivity contribution in [3.05, 3.63) is 59.9 Å². The predicted octanol–water partition coefficient (Wildman–Crippen LogP) is -0.920. The van der Waals surface area contributed by atoms with Crippen molar-refractivity contribution in [3.8, 4) is 0 Å². The predicted molar refractivity (Wildman–Crippen MR) is 115 cm³/mol. The summed E-state index contributed by atoms with van der Waals surface area (Å²) in [5.41, 5.74) is 4.31. The van der Waals surface area contributed by atoms with Gasteiger partial charge in [-0.05, 0) is 61.9 Å². The molecule has 2 amide bonds. The van der Waals surface area contributed by atoms with Crippen molar-refractivity contribution >= 4 is 21.8 Å². The number of aromatic nitrogens is 1. The fourth-order valence-electron chi connectivity index (χ4n) is 3.78. The first-order valence-electron chi connectivity index (χ1n) is 10.7. The zero-order valence-electron chi connectivity index (χ0n) is 18.8. The van der Waals surface area contributed by atoms with E-state index in [4.69, 9.17) is 0 Å². The number of aryl methyl sites for hydroxylation is 1. The van der Waals surface area contributed by atoms with Crippen LogP contribution in [0.4, 0.5) is 13.2 Å². The second kappa shape index (κ2) is 12.1. The molecule has 3 N–H and O–H groups in total. The molecule has 8 nitrogen and oxygen atoms in total. The number of hydrazine groups is 1. The lowest BCUT2D eigenvalue weighted by atomic mass is 9.82. The van der Waals surface area contributed by atoms with Gasteiger partial charge in [0.05, 0.1) is 10.5 Å². The summed E-state index contributed by atoms with van der Waals surface area (Å²) in [4.78, 5) is 24.3. The van der Waals surface area contributed by atoms with E-state index in [2.05, 4.69) is 15.6 Å². The number of halogens is 4. The molecule has 1 aliphatic carbocycles. The van der Waals surface area contributed by atoms with E-state index in [1.54, 1.807) is 36.1 Å². The van der Waals surface area contributed by atoms with Crippen LogP contribution < -0.4 is 44.1 Å². The minimum atomic E-state index is -4.54. The van der Waals surface area contributed by atoms with Crippen LogP contribution in [-0.2, 0) is 28.0 Å². The summed E-state index contributed by atoms with van der Waals surface area (Å²) in [6.45, 7) is 0.124. The molecule has 2 aromatic rings. The molecule has 35 heavy (non-hydrogen) atoms. The van der Waals surface area contributed by atoms with E-state index in [1.165, 1.54) is 0 Å². The number of carbonyl (C=O) groups excluding carboxylic acids is 2. The van der Waals surface area contributed by atoms with Crippen molar-refractivity contribution in [2.75, 3.05) is 6.54 Å². The number of nitrogens with zero attached hydrogens (tertiary/aromatic N) is 1. The third kappa shape index (κ3) is 8.14. The maximum absolute atomic E-state index is 12.7. The topological polar surface area (TPSA) is 108 Å². The molecule has 0 aliphatic heterocycles. The first kappa shape index (κ1) is 29.0. The summed E-state index contributed by atoms with van der Waals surface area (Å²) in [6.07, 6.45) is 1.09. The fraction of sp³-hybridized carbons (Fsp3) is 0.409. The van der Waals surface area contributed by atoms with Crippen molar-refractivity contribution in [1.82, 2.24) is 15.6 Å². The average Bonchev–Trinajstić information content (AvgIpc) is 2.81. The monoisotopic (exact) mass is 626 g/mol. The molecular formula is C22H26F3IN4O4S. The van der Waals surface area contributed by atoms with Gasteiger partial charge in [0.2, 0.25) is 15.9 Å². The maximum Gasteiger partial charge on any atom is 0.416 e. The highest BCUT2D eigenvalue weighted by atomic mass is 127. The van der Waals surface area contributed by atoms with Crippen molar-refractivity contribution in [2.24, 2.45) is 18.9 Å². The molecule has 1 heterocycles. The SMILES string of the molecule is C[n+]1cccc(C(=O)NNC(=O)C2CCC(CNS(=O)(=O)c3ccc(C(F)(F)F)cc3)CC2)c1.[I-]. The second-order valence-electron chi connectivity index (χ2n) is 8.29. The Kier molecular flexibility index (Phi) is 10.0. The maximum atomic E-state index is 12.7. The van der Waals surface area contributed by atoms with Crippen molar-refractivity contribution in [1.29, 1.82) is 0 Å². The molecule has 0 spiro atoms. The summed E-state index contributed by atoms with van der Waals surface area (Å²) in [5.74, 6) is -1.06. The molecule has 1 aromatic heterocycles. The smallest absolute Gasteiger partial charge is 0.416 e. The van der Waals surface area contributed by atoms with Crippen LogP contribution in [0.2, 0.25) is 0 Å². The molecule has 1 saturated carbocycles. The fourth-order valence-corrected chi connectivity index (χ4v) is 4.89. The van der Waals surface area contributed by atoms with E-state index >= 15 is 0 Å². The van der Waals surface area contributed by atoms with E-state index in [0.717, 1.165) is 24.3 Å². The zero-order chi connectivity index (χ0) is 24.9. The van der Waals surface area contributed by atoms with E-state index in [1.807, 2.05) is 0 Å². The first-order chi connectivity index (χ1) is 16.0. The summed E-state index contributed by atoms with van der Waals surface area (Å²) in [5, 5.41) is 0. The van der Waals surface area contributed by atoms with Gasteiger partial charge in [0.25, 0.3) is 5.91 Å². The molecule has 13 heteroatoms. The number of hydrogen-bond acceptors (Lipinski definition) is 4. The summed E-state index contributed by atoms with van der Waals surface area (Å²) < 4.78 is 66.9. The van der Waals surface area contributed by atoms with Gasteiger partial charge in [0.15, 0.2) is 12.4 Å². The van der Waals surface area contributed by atoms with Gasteiger partial charge in [-0.25, -0.2) is 17.7 Å². The number of carbonyl (C=O) groups is 2. The van der Waals surface area contributed by atoms with E-state index in [0.29, 0.717) is 31.2 Å². The number of amides is 2. The molecule has 192 valence electrons. The molecule has 0 radical (unpaired) electrons. The minimum Gasteiger partial charge on any atom is -1.00 e. The Morgan fingerprint density at radius 2 is 1.66 bits per heavy atom. The van der Waals surface area contributed by atoms with Crippen LogP contribution in [0.5, 0.6) is 0 Å². The number of benzene rings is 1. The highest BCUT2D eigenvalue weighted by Crippen LogP contribution is 2.30. The Hall–Kier alpha value is -2.26. The average molecular weight is 626 g/mol. The normalized spacial score (nSPS) is 18.3. The number of rotatable bonds is 6. The minimum absolute atomic E-state index is 0. The summed E-state index contributed by atoms with van der Waals surface area (Å²) >= 11 is 0. The lowest BCUT2D eigenvalue weighted by Crippen LogP contribution is -3.00. The highest BCUT2D eigenvalue weighted by molar-refractivity contribution is 7.89. The Morgan fingerprint density at radius 1 is 1.03 bits per heavy atom. The van der Waals surface area contributed by atoms with Gasteiger partial charge in [0, 0.05) is 18.5 Å². The van der Waals surface area contributed by atoms with Gasteiger partial charge in [-0.15, -0.1) is 0 Å². The van der Waals surface area contributed by atoms with Crippen LogP contribution in [0, 0.1) is 11.8 Å². The molecule has 1 aromatic carbocycles. The lowest BCUT2D eigenvalue weighted by molar-refractivity contribution is -0.671. The molecular weight excluding hydrogens is 600 g/mol. The molecule has 0 atom stereocenters. The number of hydrogen-bond donors (Lipinski definition) is 3. The van der Waals surface area contributed by atoms with Crippen LogP contribution in [0.25, 0.3) is 0 Å². The quantitative estimate of drug-likeness (QED) is 0.219. The number of nitrogens with one attached hydrogen (secondary N) is 3. The van der Waals surface area contributed by atoms with Gasteiger partial charge >= 0.3 is 6.18 Å². The first-order valence-corrected chi connectivity index (χ1v) is 12.2. The van der Waals surface area contributed by atoms with Crippen LogP contribution >= 0.6 is 0 Å². The molecule has 0 saturated heterocycles. The zero-order valence-corrected chi connectivity index (χ0v) is 21.8. The van der Waals surface area contributed by atoms with Crippen LogP contribution in [-0.4, -0.2) is 26.8 Å². The van der Waals surface area contributed by atoms with Crippen molar-refractivity contribution in [2.45, 2.75) is 36.8 Å². The van der Waals surface area contributed by atoms with Crippen molar-refractivity contribution in [3.63, 3.8) is 0 Å². The Bertz CT molecular complexity index is 1140. The van der Waals surface area contributed by atoms with Crippen LogP contribution in [0.15, 0.2) is 53.7 Å². The molecule has 1 aliphatic rings. The second-order valence-corrected chi connectivity index (χ2v) is 10.1. The number of pyridine rings is 1. The summed E-state index contributed by atoms with van der Waals surface area (Å²) in [6, 6.07) is 6.65. The number of sulfonamides is 1. The van der Waals surface area contributed by atoms with Gasteiger partial charge in [-0.2, -0.15) is 13.2 Å². The van der Waals surface area contributed by atoms with E-state index in [9.17, 15) is 31.2 Å². The highest BCUT2D eigenvalue weighted by Gasteiger charge is 2.31.